The Morgan fingerprint density at radius 3 is 2.36 bits per heavy atom. The molecular weight excluding hydrogens is 360 g/mol. The number of aromatic amines is 1. The first-order valence-corrected chi connectivity index (χ1v) is 8.71. The molecule has 1 aromatic heterocycles. The molecule has 0 aliphatic carbocycles. The molecule has 0 saturated heterocycles. The molecule has 2 N–H and O–H groups in total. The zero-order chi connectivity index (χ0) is 19.9. The van der Waals surface area contributed by atoms with Crippen molar-refractivity contribution in [1.29, 1.82) is 0 Å². The van der Waals surface area contributed by atoms with Crippen LogP contribution in [0.2, 0.25) is 0 Å². The third-order valence-electron chi connectivity index (χ3n) is 3.97. The SMILES string of the molecule is CCC(=O)c1ccc(OCC(=O)Nc2n[nH]c(-c3ccc(OC)cc3)n2)cc1. The molecule has 144 valence electrons. The van der Waals surface area contributed by atoms with E-state index in [0.717, 1.165) is 11.3 Å². The average molecular weight is 380 g/mol. The number of hydrogen-bond donors (Lipinski definition) is 2. The Morgan fingerprint density at radius 2 is 1.71 bits per heavy atom. The second-order valence-electron chi connectivity index (χ2n) is 5.87. The fourth-order valence-electron chi connectivity index (χ4n) is 2.45. The molecule has 8 nitrogen and oxygen atoms in total. The minimum absolute atomic E-state index is 0.0570. The minimum Gasteiger partial charge on any atom is -0.497 e. The van der Waals surface area contributed by atoms with Crippen LogP contribution >= 0.6 is 0 Å². The molecule has 0 atom stereocenters. The van der Waals surface area contributed by atoms with E-state index < -0.39 is 5.91 Å². The fourth-order valence-corrected chi connectivity index (χ4v) is 2.45. The predicted molar refractivity (Wildman–Crippen MR) is 104 cm³/mol. The quantitative estimate of drug-likeness (QED) is 0.582. The van der Waals surface area contributed by atoms with Crippen LogP contribution in [0.25, 0.3) is 11.4 Å². The predicted octanol–water partition coefficient (Wildman–Crippen LogP) is 3.09. The van der Waals surface area contributed by atoms with Crippen molar-refractivity contribution in [3.8, 4) is 22.9 Å². The Kier molecular flexibility index (Phi) is 6.01. The van der Waals surface area contributed by atoms with Crippen molar-refractivity contribution in [2.24, 2.45) is 0 Å². The number of amides is 1. The van der Waals surface area contributed by atoms with Crippen molar-refractivity contribution >= 4 is 17.6 Å². The highest BCUT2D eigenvalue weighted by atomic mass is 16.5. The molecule has 0 aliphatic heterocycles. The lowest BCUT2D eigenvalue weighted by atomic mass is 10.1. The molecule has 28 heavy (non-hydrogen) atoms. The second-order valence-corrected chi connectivity index (χ2v) is 5.87. The van der Waals surface area contributed by atoms with Gasteiger partial charge in [-0.15, -0.1) is 5.10 Å². The van der Waals surface area contributed by atoms with Gasteiger partial charge in [0.25, 0.3) is 5.91 Å². The number of nitrogens with one attached hydrogen (secondary N) is 2. The summed E-state index contributed by atoms with van der Waals surface area (Å²) in [5.41, 5.74) is 1.43. The number of H-pyrrole nitrogens is 1. The molecule has 1 heterocycles. The molecule has 0 fully saturated rings. The van der Waals surface area contributed by atoms with Gasteiger partial charge in [-0.3, -0.25) is 20.0 Å². The first kappa shape index (κ1) is 19.1. The molecule has 8 heteroatoms. The van der Waals surface area contributed by atoms with Gasteiger partial charge in [-0.1, -0.05) is 6.92 Å². The molecule has 0 aliphatic rings. The number of carbonyl (C=O) groups excluding carboxylic acids is 2. The summed E-state index contributed by atoms with van der Waals surface area (Å²) in [5.74, 6) is 1.58. The van der Waals surface area contributed by atoms with Gasteiger partial charge in [0.2, 0.25) is 5.95 Å². The summed E-state index contributed by atoms with van der Waals surface area (Å²) in [6, 6.07) is 14.0. The van der Waals surface area contributed by atoms with Gasteiger partial charge in [0, 0.05) is 17.5 Å². The summed E-state index contributed by atoms with van der Waals surface area (Å²) in [5, 5.41) is 9.32. The first-order chi connectivity index (χ1) is 13.6. The summed E-state index contributed by atoms with van der Waals surface area (Å²) in [7, 11) is 1.60. The van der Waals surface area contributed by atoms with Gasteiger partial charge >= 0.3 is 0 Å². The van der Waals surface area contributed by atoms with Crippen molar-refractivity contribution in [1.82, 2.24) is 15.2 Å². The van der Waals surface area contributed by atoms with Gasteiger partial charge in [0.15, 0.2) is 18.2 Å². The molecule has 0 saturated carbocycles. The highest BCUT2D eigenvalue weighted by Crippen LogP contribution is 2.20. The molecule has 2 aromatic carbocycles. The molecule has 1 amide bonds. The number of carbonyl (C=O) groups is 2. The van der Waals surface area contributed by atoms with E-state index in [1.807, 2.05) is 24.3 Å². The summed E-state index contributed by atoms with van der Waals surface area (Å²) >= 11 is 0. The lowest BCUT2D eigenvalue weighted by molar-refractivity contribution is -0.118. The lowest BCUT2D eigenvalue weighted by Crippen LogP contribution is -2.20. The van der Waals surface area contributed by atoms with Gasteiger partial charge in [0.1, 0.15) is 11.5 Å². The summed E-state index contributed by atoms with van der Waals surface area (Å²) < 4.78 is 10.5. The summed E-state index contributed by atoms with van der Waals surface area (Å²) in [4.78, 5) is 27.9. The number of hydrogen-bond acceptors (Lipinski definition) is 6. The monoisotopic (exact) mass is 380 g/mol. The van der Waals surface area contributed by atoms with Crippen molar-refractivity contribution in [2.45, 2.75) is 13.3 Å². The van der Waals surface area contributed by atoms with Crippen molar-refractivity contribution < 1.29 is 19.1 Å². The van der Waals surface area contributed by atoms with Gasteiger partial charge in [-0.05, 0) is 48.5 Å². The smallest absolute Gasteiger partial charge is 0.264 e. The van der Waals surface area contributed by atoms with E-state index in [1.54, 1.807) is 38.3 Å². The first-order valence-electron chi connectivity index (χ1n) is 8.71. The fraction of sp³-hybridized carbons (Fsp3) is 0.200. The maximum Gasteiger partial charge on any atom is 0.264 e. The Balaban J connectivity index is 1.53. The topological polar surface area (TPSA) is 106 Å². The van der Waals surface area contributed by atoms with Crippen LogP contribution in [0.15, 0.2) is 48.5 Å². The summed E-state index contributed by atoms with van der Waals surface area (Å²) in [6.45, 7) is 1.60. The zero-order valence-electron chi connectivity index (χ0n) is 15.6. The van der Waals surface area contributed by atoms with Crippen LogP contribution in [0.5, 0.6) is 11.5 Å². The second kappa shape index (κ2) is 8.81. The van der Waals surface area contributed by atoms with Crippen molar-refractivity contribution in [2.75, 3.05) is 19.0 Å². The van der Waals surface area contributed by atoms with E-state index in [9.17, 15) is 9.59 Å². The molecule has 3 aromatic rings. The number of nitrogens with zero attached hydrogens (tertiary/aromatic N) is 2. The standard InChI is InChI=1S/C20H20N4O4/c1-3-17(25)13-4-10-16(11-5-13)28-12-18(26)21-20-22-19(23-24-20)14-6-8-15(27-2)9-7-14/h4-11H,3,12H2,1-2H3,(H2,21,22,23,24,26). The molecule has 0 bridgehead atoms. The van der Waals surface area contributed by atoms with Crippen LogP contribution in [0, 0.1) is 0 Å². The van der Waals surface area contributed by atoms with Crippen LogP contribution in [0.1, 0.15) is 23.7 Å². The van der Waals surface area contributed by atoms with Gasteiger partial charge in [-0.2, -0.15) is 4.98 Å². The summed E-state index contributed by atoms with van der Waals surface area (Å²) in [6.07, 6.45) is 0.442. The number of methoxy groups -OCH3 is 1. The Hall–Kier alpha value is -3.68. The van der Waals surface area contributed by atoms with Crippen molar-refractivity contribution in [3.63, 3.8) is 0 Å². The molecule has 0 radical (unpaired) electrons. The van der Waals surface area contributed by atoms with Crippen LogP contribution in [-0.4, -0.2) is 40.6 Å². The largest absolute Gasteiger partial charge is 0.497 e. The Bertz CT molecular complexity index is 949. The number of anilines is 1. The maximum atomic E-state index is 12.0. The zero-order valence-corrected chi connectivity index (χ0v) is 15.6. The van der Waals surface area contributed by atoms with Crippen LogP contribution < -0.4 is 14.8 Å². The average Bonchev–Trinajstić information content (AvgIpc) is 3.20. The molecule has 0 spiro atoms. The highest BCUT2D eigenvalue weighted by Gasteiger charge is 2.10. The maximum absolute atomic E-state index is 12.0. The van der Waals surface area contributed by atoms with E-state index in [1.165, 1.54) is 0 Å². The van der Waals surface area contributed by atoms with Gasteiger partial charge < -0.3 is 9.47 Å². The Labute approximate surface area is 161 Å². The van der Waals surface area contributed by atoms with Crippen molar-refractivity contribution in [3.05, 3.63) is 54.1 Å². The third-order valence-corrected chi connectivity index (χ3v) is 3.97. The van der Waals surface area contributed by atoms with Crippen LogP contribution in [-0.2, 0) is 4.79 Å². The van der Waals surface area contributed by atoms with Gasteiger partial charge in [0.05, 0.1) is 7.11 Å². The molecule has 3 rings (SSSR count). The number of ketones is 1. The highest BCUT2D eigenvalue weighted by molar-refractivity contribution is 5.96. The number of ether oxygens (including phenoxy) is 2. The molecular formula is C20H20N4O4. The van der Waals surface area contributed by atoms with E-state index in [-0.39, 0.29) is 18.3 Å². The number of aromatic nitrogens is 3. The van der Waals surface area contributed by atoms with E-state index in [4.69, 9.17) is 9.47 Å². The minimum atomic E-state index is -0.394. The van der Waals surface area contributed by atoms with Gasteiger partial charge in [-0.25, -0.2) is 0 Å². The lowest BCUT2D eigenvalue weighted by Gasteiger charge is -2.06. The number of benzene rings is 2. The van der Waals surface area contributed by atoms with E-state index >= 15 is 0 Å². The van der Waals surface area contributed by atoms with E-state index in [2.05, 4.69) is 20.5 Å². The van der Waals surface area contributed by atoms with Crippen LogP contribution in [0.4, 0.5) is 5.95 Å². The van der Waals surface area contributed by atoms with Crippen LogP contribution in [0.3, 0.4) is 0 Å². The normalized spacial score (nSPS) is 10.4. The third kappa shape index (κ3) is 4.73. The molecule has 0 unspecified atom stereocenters. The number of rotatable bonds is 8. The Morgan fingerprint density at radius 1 is 1.04 bits per heavy atom. The number of Topliss-reactive ketones (excluding diaryl/α,β-unsaturated/α-hetero) is 1. The van der Waals surface area contributed by atoms with E-state index in [0.29, 0.717) is 23.6 Å².